The van der Waals surface area contributed by atoms with E-state index in [0.29, 0.717) is 34.4 Å². The van der Waals surface area contributed by atoms with E-state index in [9.17, 15) is 4.79 Å². The van der Waals surface area contributed by atoms with Crippen molar-refractivity contribution in [2.75, 3.05) is 38.5 Å². The molecule has 26 heavy (non-hydrogen) atoms. The van der Waals surface area contributed by atoms with Crippen LogP contribution in [0, 0.1) is 5.92 Å². The number of hydrogen-bond donors (Lipinski definition) is 2. The second-order valence-corrected chi connectivity index (χ2v) is 6.22. The van der Waals surface area contributed by atoms with Gasteiger partial charge in [0.2, 0.25) is 5.75 Å². The Hall–Kier alpha value is -2.89. The normalized spacial score (nSPS) is 10.4. The molecule has 6 nitrogen and oxygen atoms in total. The zero-order chi connectivity index (χ0) is 19.1. The molecule has 0 aliphatic carbocycles. The first-order valence-corrected chi connectivity index (χ1v) is 8.43. The number of methoxy groups -OCH3 is 3. The SMILES string of the molecule is COc1cc(C(=O)Nc2ccc(NCC(C)C)cc2)cc(OC)c1OC. The highest BCUT2D eigenvalue weighted by Gasteiger charge is 2.17. The van der Waals surface area contributed by atoms with Crippen LogP contribution in [0.15, 0.2) is 36.4 Å². The second-order valence-electron chi connectivity index (χ2n) is 6.22. The first kappa shape index (κ1) is 19.4. The van der Waals surface area contributed by atoms with Crippen LogP contribution in [-0.4, -0.2) is 33.8 Å². The molecule has 0 saturated heterocycles. The molecule has 0 aromatic heterocycles. The Bertz CT molecular complexity index is 717. The van der Waals surface area contributed by atoms with Crippen LogP contribution in [-0.2, 0) is 0 Å². The molecule has 140 valence electrons. The summed E-state index contributed by atoms with van der Waals surface area (Å²) in [6.07, 6.45) is 0. The van der Waals surface area contributed by atoms with Crippen LogP contribution >= 0.6 is 0 Å². The van der Waals surface area contributed by atoms with Crippen LogP contribution in [0.1, 0.15) is 24.2 Å². The molecule has 0 radical (unpaired) electrons. The monoisotopic (exact) mass is 358 g/mol. The van der Waals surface area contributed by atoms with E-state index >= 15 is 0 Å². The molecular weight excluding hydrogens is 332 g/mol. The van der Waals surface area contributed by atoms with Gasteiger partial charge in [0.25, 0.3) is 5.91 Å². The fourth-order valence-electron chi connectivity index (χ4n) is 2.41. The van der Waals surface area contributed by atoms with Crippen molar-refractivity contribution in [1.29, 1.82) is 0 Å². The van der Waals surface area contributed by atoms with Crippen molar-refractivity contribution in [3.05, 3.63) is 42.0 Å². The van der Waals surface area contributed by atoms with Gasteiger partial charge in [-0.1, -0.05) is 13.8 Å². The highest BCUT2D eigenvalue weighted by atomic mass is 16.5. The first-order valence-electron chi connectivity index (χ1n) is 8.43. The molecule has 0 unspecified atom stereocenters. The number of carbonyl (C=O) groups excluding carboxylic acids is 1. The average molecular weight is 358 g/mol. The Balaban J connectivity index is 2.14. The van der Waals surface area contributed by atoms with E-state index in [2.05, 4.69) is 24.5 Å². The minimum Gasteiger partial charge on any atom is -0.493 e. The lowest BCUT2D eigenvalue weighted by molar-refractivity contribution is 0.102. The fourth-order valence-corrected chi connectivity index (χ4v) is 2.41. The van der Waals surface area contributed by atoms with Gasteiger partial charge < -0.3 is 24.8 Å². The number of hydrogen-bond acceptors (Lipinski definition) is 5. The van der Waals surface area contributed by atoms with Gasteiger partial charge in [0.15, 0.2) is 11.5 Å². The summed E-state index contributed by atoms with van der Waals surface area (Å²) in [6, 6.07) is 10.8. The molecule has 0 fully saturated rings. The summed E-state index contributed by atoms with van der Waals surface area (Å²) in [5, 5.41) is 6.21. The number of nitrogens with one attached hydrogen (secondary N) is 2. The molecule has 0 aliphatic heterocycles. The number of amides is 1. The molecule has 6 heteroatoms. The lowest BCUT2D eigenvalue weighted by atomic mass is 10.1. The van der Waals surface area contributed by atoms with E-state index < -0.39 is 0 Å². The molecular formula is C20H26N2O4. The zero-order valence-corrected chi connectivity index (χ0v) is 15.9. The quantitative estimate of drug-likeness (QED) is 0.745. The average Bonchev–Trinajstić information content (AvgIpc) is 2.65. The molecule has 0 spiro atoms. The van der Waals surface area contributed by atoms with Crippen molar-refractivity contribution < 1.29 is 19.0 Å². The minimum absolute atomic E-state index is 0.257. The maximum absolute atomic E-state index is 12.6. The molecule has 0 aliphatic rings. The lowest BCUT2D eigenvalue weighted by Gasteiger charge is -2.14. The van der Waals surface area contributed by atoms with Gasteiger partial charge in [-0.25, -0.2) is 0 Å². The molecule has 0 saturated carbocycles. The number of anilines is 2. The van der Waals surface area contributed by atoms with Gasteiger partial charge >= 0.3 is 0 Å². The molecule has 2 aromatic carbocycles. The summed E-state index contributed by atoms with van der Waals surface area (Å²) in [7, 11) is 4.55. The summed E-state index contributed by atoms with van der Waals surface area (Å²) < 4.78 is 15.9. The van der Waals surface area contributed by atoms with Crippen molar-refractivity contribution in [2.45, 2.75) is 13.8 Å². The third-order valence-electron chi connectivity index (χ3n) is 3.78. The van der Waals surface area contributed by atoms with E-state index in [1.807, 2.05) is 24.3 Å². The van der Waals surface area contributed by atoms with Gasteiger partial charge in [-0.3, -0.25) is 4.79 Å². The highest BCUT2D eigenvalue weighted by molar-refractivity contribution is 6.05. The molecule has 0 atom stereocenters. The third kappa shape index (κ3) is 4.81. The largest absolute Gasteiger partial charge is 0.493 e. The first-order chi connectivity index (χ1) is 12.5. The molecule has 0 bridgehead atoms. The maximum Gasteiger partial charge on any atom is 0.255 e. The van der Waals surface area contributed by atoms with Gasteiger partial charge in [0.05, 0.1) is 21.3 Å². The summed E-state index contributed by atoms with van der Waals surface area (Å²) in [5.74, 6) is 1.63. The van der Waals surface area contributed by atoms with Crippen LogP contribution in [0.2, 0.25) is 0 Å². The summed E-state index contributed by atoms with van der Waals surface area (Å²) in [5.41, 5.74) is 2.14. The van der Waals surface area contributed by atoms with E-state index in [4.69, 9.17) is 14.2 Å². The summed E-state index contributed by atoms with van der Waals surface area (Å²) in [6.45, 7) is 5.20. The van der Waals surface area contributed by atoms with Crippen LogP contribution in [0.5, 0.6) is 17.2 Å². The molecule has 2 rings (SSSR count). The van der Waals surface area contributed by atoms with Crippen LogP contribution in [0.4, 0.5) is 11.4 Å². The summed E-state index contributed by atoms with van der Waals surface area (Å²) in [4.78, 5) is 12.6. The minimum atomic E-state index is -0.257. The Kier molecular flexibility index (Phi) is 6.72. The summed E-state index contributed by atoms with van der Waals surface area (Å²) >= 11 is 0. The van der Waals surface area contributed by atoms with Crippen LogP contribution in [0.3, 0.4) is 0 Å². The maximum atomic E-state index is 12.6. The highest BCUT2D eigenvalue weighted by Crippen LogP contribution is 2.38. The topological polar surface area (TPSA) is 68.8 Å². The van der Waals surface area contributed by atoms with Crippen molar-refractivity contribution >= 4 is 17.3 Å². The smallest absolute Gasteiger partial charge is 0.255 e. The number of carbonyl (C=O) groups is 1. The van der Waals surface area contributed by atoms with Crippen LogP contribution in [0.25, 0.3) is 0 Å². The van der Waals surface area contributed by atoms with Gasteiger partial charge in [0, 0.05) is 23.5 Å². The van der Waals surface area contributed by atoms with Crippen molar-refractivity contribution in [2.24, 2.45) is 5.92 Å². The Morgan fingerprint density at radius 1 is 0.923 bits per heavy atom. The molecule has 0 heterocycles. The van der Waals surface area contributed by atoms with Crippen LogP contribution < -0.4 is 24.8 Å². The molecule has 1 amide bonds. The molecule has 2 N–H and O–H groups in total. The van der Waals surface area contributed by atoms with Gasteiger partial charge in [-0.15, -0.1) is 0 Å². The van der Waals surface area contributed by atoms with Crippen molar-refractivity contribution in [3.8, 4) is 17.2 Å². The Morgan fingerprint density at radius 2 is 1.46 bits per heavy atom. The van der Waals surface area contributed by atoms with Gasteiger partial charge in [-0.05, 0) is 42.3 Å². The Morgan fingerprint density at radius 3 is 1.92 bits per heavy atom. The van der Waals surface area contributed by atoms with E-state index in [1.54, 1.807) is 12.1 Å². The van der Waals surface area contributed by atoms with E-state index in [0.717, 1.165) is 12.2 Å². The number of rotatable bonds is 8. The lowest BCUT2D eigenvalue weighted by Crippen LogP contribution is -2.13. The fraction of sp³-hybridized carbons (Fsp3) is 0.350. The predicted octanol–water partition coefficient (Wildman–Crippen LogP) is 4.03. The third-order valence-corrected chi connectivity index (χ3v) is 3.78. The number of ether oxygens (including phenoxy) is 3. The van der Waals surface area contributed by atoms with Gasteiger partial charge in [0.1, 0.15) is 0 Å². The molecule has 2 aromatic rings. The predicted molar refractivity (Wildman–Crippen MR) is 104 cm³/mol. The zero-order valence-electron chi connectivity index (χ0n) is 15.9. The Labute approximate surface area is 154 Å². The van der Waals surface area contributed by atoms with Gasteiger partial charge in [-0.2, -0.15) is 0 Å². The van der Waals surface area contributed by atoms with E-state index in [1.165, 1.54) is 21.3 Å². The second kappa shape index (κ2) is 8.99. The van der Waals surface area contributed by atoms with Crippen molar-refractivity contribution in [3.63, 3.8) is 0 Å². The standard InChI is InChI=1S/C20H26N2O4/c1-13(2)12-21-15-6-8-16(9-7-15)22-20(23)14-10-17(24-3)19(26-5)18(11-14)25-4/h6-11,13,21H,12H2,1-5H3,(H,22,23). The van der Waals surface area contributed by atoms with Crippen molar-refractivity contribution in [1.82, 2.24) is 0 Å². The van der Waals surface area contributed by atoms with E-state index in [-0.39, 0.29) is 5.91 Å². The number of benzene rings is 2.